The van der Waals surface area contributed by atoms with Gasteiger partial charge in [-0.3, -0.25) is 4.79 Å². The van der Waals surface area contributed by atoms with Crippen molar-refractivity contribution in [2.24, 2.45) is 0 Å². The summed E-state index contributed by atoms with van der Waals surface area (Å²) in [6, 6.07) is 14.8. The highest BCUT2D eigenvalue weighted by atomic mass is 16.1. The van der Waals surface area contributed by atoms with Crippen LogP contribution >= 0.6 is 0 Å². The Labute approximate surface area is 107 Å². The van der Waals surface area contributed by atoms with Gasteiger partial charge in [0.1, 0.15) is 0 Å². The van der Waals surface area contributed by atoms with Gasteiger partial charge in [-0.25, -0.2) is 0 Å². The molecule has 2 nitrogen and oxygen atoms in total. The zero-order chi connectivity index (χ0) is 12.4. The van der Waals surface area contributed by atoms with E-state index in [1.54, 1.807) is 0 Å². The molecule has 3 rings (SSSR count). The standard InChI is InChI=1S/C16H17NO/c18-16(9-10-17-15-7-8-15)14-6-5-12-3-1-2-4-13(12)11-14/h1-6,11,15,17H,7-10H2. The quantitative estimate of drug-likeness (QED) is 0.812. The van der Waals surface area contributed by atoms with Gasteiger partial charge in [0.25, 0.3) is 0 Å². The van der Waals surface area contributed by atoms with Crippen molar-refractivity contribution in [3.8, 4) is 0 Å². The Bertz CT molecular complexity index is 572. The third-order valence-electron chi connectivity index (χ3n) is 3.43. The summed E-state index contributed by atoms with van der Waals surface area (Å²) in [6.45, 7) is 0.802. The number of Topliss-reactive ketones (excluding diaryl/α,β-unsaturated/α-hetero) is 1. The number of hydrogen-bond acceptors (Lipinski definition) is 2. The maximum Gasteiger partial charge on any atom is 0.164 e. The third-order valence-corrected chi connectivity index (χ3v) is 3.43. The van der Waals surface area contributed by atoms with E-state index in [0.29, 0.717) is 12.5 Å². The summed E-state index contributed by atoms with van der Waals surface area (Å²) >= 11 is 0. The first-order valence-corrected chi connectivity index (χ1v) is 6.58. The van der Waals surface area contributed by atoms with Gasteiger partial charge >= 0.3 is 0 Å². The van der Waals surface area contributed by atoms with Crippen molar-refractivity contribution in [3.05, 3.63) is 48.0 Å². The lowest BCUT2D eigenvalue weighted by atomic mass is 10.0. The molecule has 1 aliphatic rings. The molecule has 0 spiro atoms. The Hall–Kier alpha value is -1.67. The van der Waals surface area contributed by atoms with E-state index in [1.165, 1.54) is 18.2 Å². The van der Waals surface area contributed by atoms with Crippen LogP contribution in [0.4, 0.5) is 0 Å². The zero-order valence-corrected chi connectivity index (χ0v) is 10.4. The van der Waals surface area contributed by atoms with Crippen molar-refractivity contribution in [3.63, 3.8) is 0 Å². The second-order valence-electron chi connectivity index (χ2n) is 4.96. The third kappa shape index (κ3) is 2.59. The Morgan fingerprint density at radius 3 is 2.67 bits per heavy atom. The van der Waals surface area contributed by atoms with Crippen molar-refractivity contribution >= 4 is 16.6 Å². The number of nitrogens with one attached hydrogen (secondary N) is 1. The first-order valence-electron chi connectivity index (χ1n) is 6.58. The summed E-state index contributed by atoms with van der Waals surface area (Å²) in [7, 11) is 0. The molecule has 1 fully saturated rings. The fourth-order valence-corrected chi connectivity index (χ4v) is 2.18. The lowest BCUT2D eigenvalue weighted by Crippen LogP contribution is -2.20. The van der Waals surface area contributed by atoms with Crippen LogP contribution in [0.2, 0.25) is 0 Å². The minimum atomic E-state index is 0.230. The monoisotopic (exact) mass is 239 g/mol. The average Bonchev–Trinajstić information content (AvgIpc) is 3.22. The van der Waals surface area contributed by atoms with Crippen LogP contribution in [-0.4, -0.2) is 18.4 Å². The maximum atomic E-state index is 12.1. The molecule has 0 aliphatic heterocycles. The topological polar surface area (TPSA) is 29.1 Å². The molecule has 0 radical (unpaired) electrons. The summed E-state index contributed by atoms with van der Waals surface area (Å²) in [5, 5.41) is 5.70. The number of rotatable bonds is 5. The molecule has 2 aromatic carbocycles. The van der Waals surface area contributed by atoms with E-state index in [2.05, 4.69) is 17.4 Å². The molecule has 0 heterocycles. The van der Waals surface area contributed by atoms with E-state index in [-0.39, 0.29) is 5.78 Å². The number of hydrogen-bond donors (Lipinski definition) is 1. The van der Waals surface area contributed by atoms with Crippen molar-refractivity contribution in [1.82, 2.24) is 5.32 Å². The van der Waals surface area contributed by atoms with Crippen LogP contribution in [0.5, 0.6) is 0 Å². The fraction of sp³-hybridized carbons (Fsp3) is 0.312. The Morgan fingerprint density at radius 2 is 1.89 bits per heavy atom. The van der Waals surface area contributed by atoms with E-state index in [4.69, 9.17) is 0 Å². The minimum absolute atomic E-state index is 0.230. The van der Waals surface area contributed by atoms with Gasteiger partial charge in [-0.1, -0.05) is 36.4 Å². The van der Waals surface area contributed by atoms with Crippen molar-refractivity contribution in [2.45, 2.75) is 25.3 Å². The van der Waals surface area contributed by atoms with Gasteiger partial charge < -0.3 is 5.32 Å². The molecule has 0 amide bonds. The molecule has 0 unspecified atom stereocenters. The summed E-state index contributed by atoms with van der Waals surface area (Å²) in [5.74, 6) is 0.230. The minimum Gasteiger partial charge on any atom is -0.314 e. The molecule has 1 saturated carbocycles. The lowest BCUT2D eigenvalue weighted by molar-refractivity contribution is 0.0982. The highest BCUT2D eigenvalue weighted by molar-refractivity contribution is 6.00. The van der Waals surface area contributed by atoms with Gasteiger partial charge in [0.2, 0.25) is 0 Å². The largest absolute Gasteiger partial charge is 0.314 e. The second kappa shape index (κ2) is 4.91. The van der Waals surface area contributed by atoms with Gasteiger partial charge in [0, 0.05) is 24.6 Å². The summed E-state index contributed by atoms with van der Waals surface area (Å²) in [6.07, 6.45) is 3.13. The second-order valence-corrected chi connectivity index (χ2v) is 4.96. The molecular formula is C16H17NO. The van der Waals surface area contributed by atoms with Gasteiger partial charge in [-0.2, -0.15) is 0 Å². The summed E-state index contributed by atoms with van der Waals surface area (Å²) in [4.78, 5) is 12.1. The van der Waals surface area contributed by atoms with Gasteiger partial charge in [0.15, 0.2) is 5.78 Å². The van der Waals surface area contributed by atoms with Gasteiger partial charge in [-0.05, 0) is 29.7 Å². The SMILES string of the molecule is O=C(CCNC1CC1)c1ccc2ccccc2c1. The van der Waals surface area contributed by atoms with Crippen LogP contribution in [0.1, 0.15) is 29.6 Å². The molecule has 1 N–H and O–H groups in total. The van der Waals surface area contributed by atoms with Crippen LogP contribution in [0, 0.1) is 0 Å². The van der Waals surface area contributed by atoms with Crippen LogP contribution in [0.3, 0.4) is 0 Å². The van der Waals surface area contributed by atoms with E-state index < -0.39 is 0 Å². The highest BCUT2D eigenvalue weighted by Crippen LogP contribution is 2.19. The Morgan fingerprint density at radius 1 is 1.11 bits per heavy atom. The number of carbonyl (C=O) groups excluding carboxylic acids is 1. The average molecular weight is 239 g/mol. The van der Waals surface area contributed by atoms with Crippen molar-refractivity contribution in [2.75, 3.05) is 6.54 Å². The molecule has 1 aliphatic carbocycles. The van der Waals surface area contributed by atoms with Crippen LogP contribution < -0.4 is 5.32 Å². The molecule has 0 atom stereocenters. The zero-order valence-electron chi connectivity index (χ0n) is 10.4. The number of fused-ring (bicyclic) bond motifs is 1. The number of carbonyl (C=O) groups is 1. The Kier molecular flexibility index (Phi) is 3.11. The molecule has 92 valence electrons. The molecule has 2 heteroatoms. The summed E-state index contributed by atoms with van der Waals surface area (Å²) in [5.41, 5.74) is 0.825. The highest BCUT2D eigenvalue weighted by Gasteiger charge is 2.20. The maximum absolute atomic E-state index is 12.1. The van der Waals surface area contributed by atoms with Gasteiger partial charge in [0.05, 0.1) is 0 Å². The van der Waals surface area contributed by atoms with Crippen molar-refractivity contribution in [1.29, 1.82) is 0 Å². The molecular weight excluding hydrogens is 222 g/mol. The van der Waals surface area contributed by atoms with Crippen LogP contribution in [0.25, 0.3) is 10.8 Å². The first kappa shape index (κ1) is 11.4. The lowest BCUT2D eigenvalue weighted by Gasteiger charge is -2.04. The fourth-order valence-electron chi connectivity index (χ4n) is 2.18. The van der Waals surface area contributed by atoms with E-state index in [1.807, 2.05) is 30.3 Å². The smallest absolute Gasteiger partial charge is 0.164 e. The first-order chi connectivity index (χ1) is 8.83. The van der Waals surface area contributed by atoms with E-state index >= 15 is 0 Å². The van der Waals surface area contributed by atoms with Crippen molar-refractivity contribution < 1.29 is 4.79 Å². The summed E-state index contributed by atoms with van der Waals surface area (Å²) < 4.78 is 0. The molecule has 0 aromatic heterocycles. The molecule has 0 saturated heterocycles. The van der Waals surface area contributed by atoms with E-state index in [0.717, 1.165) is 17.5 Å². The molecule has 0 bridgehead atoms. The van der Waals surface area contributed by atoms with E-state index in [9.17, 15) is 4.79 Å². The molecule has 2 aromatic rings. The number of ketones is 1. The van der Waals surface area contributed by atoms with Gasteiger partial charge in [-0.15, -0.1) is 0 Å². The van der Waals surface area contributed by atoms with Crippen LogP contribution in [0.15, 0.2) is 42.5 Å². The predicted octanol–water partition coefficient (Wildman–Crippen LogP) is 3.16. The number of benzene rings is 2. The normalized spacial score (nSPS) is 14.9. The predicted molar refractivity (Wildman–Crippen MR) is 73.9 cm³/mol. The Balaban J connectivity index is 1.69. The van der Waals surface area contributed by atoms with Crippen LogP contribution in [-0.2, 0) is 0 Å². The molecule has 18 heavy (non-hydrogen) atoms.